The molecule has 1 N–H and O–H groups in total. The highest BCUT2D eigenvalue weighted by molar-refractivity contribution is 9.11. The van der Waals surface area contributed by atoms with E-state index < -0.39 is 0 Å². The fraction of sp³-hybridized carbons (Fsp3) is 0.333. The number of rotatable bonds is 3. The van der Waals surface area contributed by atoms with Crippen LogP contribution < -0.4 is 5.32 Å². The zero-order valence-corrected chi connectivity index (χ0v) is 13.6. The van der Waals surface area contributed by atoms with Crippen LogP contribution in [0.1, 0.15) is 33.2 Å². The van der Waals surface area contributed by atoms with Crippen molar-refractivity contribution in [1.29, 1.82) is 0 Å². The Morgan fingerprint density at radius 1 is 1.11 bits per heavy atom. The largest absolute Gasteiger partial charge is 0.309 e. The Morgan fingerprint density at radius 2 is 1.83 bits per heavy atom. The molecule has 1 heterocycles. The van der Waals surface area contributed by atoms with Crippen LogP contribution in [0.4, 0.5) is 0 Å². The van der Waals surface area contributed by atoms with Gasteiger partial charge in [0.05, 0.1) is 9.83 Å². The van der Waals surface area contributed by atoms with Crippen LogP contribution in [0, 0.1) is 20.8 Å². The van der Waals surface area contributed by atoms with Crippen LogP contribution in [0.15, 0.2) is 28.1 Å². The minimum Gasteiger partial charge on any atom is -0.309 e. The van der Waals surface area contributed by atoms with Gasteiger partial charge in [0, 0.05) is 4.88 Å². The van der Waals surface area contributed by atoms with E-state index in [2.05, 4.69) is 66.3 Å². The first kappa shape index (κ1) is 13.8. The highest BCUT2D eigenvalue weighted by Gasteiger charge is 2.18. The molecule has 3 heteroatoms. The lowest BCUT2D eigenvalue weighted by molar-refractivity contribution is 0.686. The molecule has 2 aromatic rings. The second-order valence-electron chi connectivity index (χ2n) is 4.64. The lowest BCUT2D eigenvalue weighted by Gasteiger charge is -2.19. The van der Waals surface area contributed by atoms with Gasteiger partial charge in [-0.2, -0.15) is 0 Å². The average Bonchev–Trinajstić information content (AvgIpc) is 2.64. The molecule has 0 amide bonds. The van der Waals surface area contributed by atoms with Gasteiger partial charge in [0.1, 0.15) is 0 Å². The fourth-order valence-electron chi connectivity index (χ4n) is 2.29. The van der Waals surface area contributed by atoms with Crippen molar-refractivity contribution in [1.82, 2.24) is 5.32 Å². The molecule has 1 nitrogen and oxygen atoms in total. The van der Waals surface area contributed by atoms with E-state index in [4.69, 9.17) is 0 Å². The fourth-order valence-corrected chi connectivity index (χ4v) is 4.04. The van der Waals surface area contributed by atoms with Gasteiger partial charge >= 0.3 is 0 Å². The molecule has 0 radical (unpaired) electrons. The monoisotopic (exact) mass is 323 g/mol. The number of benzene rings is 1. The van der Waals surface area contributed by atoms with E-state index in [1.807, 2.05) is 7.05 Å². The summed E-state index contributed by atoms with van der Waals surface area (Å²) < 4.78 is 1.19. The summed E-state index contributed by atoms with van der Waals surface area (Å²) >= 11 is 5.37. The van der Waals surface area contributed by atoms with Crippen LogP contribution in [0.2, 0.25) is 0 Å². The first-order valence-electron chi connectivity index (χ1n) is 6.03. The predicted octanol–water partition coefficient (Wildman–Crippen LogP) is 4.74. The second kappa shape index (κ2) is 5.55. The Balaban J connectivity index is 2.51. The van der Waals surface area contributed by atoms with E-state index in [1.54, 1.807) is 11.3 Å². The van der Waals surface area contributed by atoms with Gasteiger partial charge in [-0.3, -0.25) is 0 Å². The minimum atomic E-state index is 0.271. The van der Waals surface area contributed by atoms with Crippen molar-refractivity contribution in [2.24, 2.45) is 0 Å². The Hall–Kier alpha value is -0.640. The summed E-state index contributed by atoms with van der Waals surface area (Å²) in [6.07, 6.45) is 0. The van der Waals surface area contributed by atoms with E-state index in [0.29, 0.717) is 0 Å². The summed E-state index contributed by atoms with van der Waals surface area (Å²) in [6.45, 7) is 6.50. The molecular weight excluding hydrogens is 306 g/mol. The predicted molar refractivity (Wildman–Crippen MR) is 83.6 cm³/mol. The van der Waals surface area contributed by atoms with Crippen molar-refractivity contribution in [2.75, 3.05) is 7.05 Å². The van der Waals surface area contributed by atoms with Gasteiger partial charge in [0.15, 0.2) is 0 Å². The molecule has 1 aromatic carbocycles. The number of aryl methyl sites for hydroxylation is 3. The summed E-state index contributed by atoms with van der Waals surface area (Å²) in [6, 6.07) is 9.14. The summed E-state index contributed by atoms with van der Waals surface area (Å²) in [5, 5.41) is 3.44. The quantitative estimate of drug-likeness (QED) is 0.859. The molecule has 0 saturated heterocycles. The van der Waals surface area contributed by atoms with E-state index in [-0.39, 0.29) is 6.04 Å². The van der Waals surface area contributed by atoms with Crippen LogP contribution in [-0.4, -0.2) is 7.05 Å². The summed E-state index contributed by atoms with van der Waals surface area (Å²) in [4.78, 5) is 1.36. The molecule has 0 saturated carbocycles. The van der Waals surface area contributed by atoms with Crippen molar-refractivity contribution >= 4 is 27.3 Å². The van der Waals surface area contributed by atoms with Crippen molar-refractivity contribution in [3.63, 3.8) is 0 Å². The van der Waals surface area contributed by atoms with Gasteiger partial charge in [-0.15, -0.1) is 11.3 Å². The SMILES string of the molecule is CNC(c1cc(C)ccc1C)c1cc(Br)sc1C. The van der Waals surface area contributed by atoms with E-state index in [0.717, 1.165) is 0 Å². The standard InChI is InChI=1S/C15H18BrNS/c1-9-5-6-10(2)12(7-9)15(17-4)13-8-14(16)18-11(13)3/h5-8,15,17H,1-4H3. The number of hydrogen-bond acceptors (Lipinski definition) is 2. The lowest BCUT2D eigenvalue weighted by Crippen LogP contribution is -2.19. The van der Waals surface area contributed by atoms with Gasteiger partial charge in [-0.1, -0.05) is 23.8 Å². The summed E-state index contributed by atoms with van der Waals surface area (Å²) in [5.74, 6) is 0. The number of nitrogens with one attached hydrogen (secondary N) is 1. The molecule has 0 aliphatic carbocycles. The zero-order chi connectivity index (χ0) is 13.3. The van der Waals surface area contributed by atoms with Crippen LogP contribution in [0.25, 0.3) is 0 Å². The Morgan fingerprint density at radius 3 is 2.39 bits per heavy atom. The molecule has 0 aliphatic heterocycles. The summed E-state index contributed by atoms with van der Waals surface area (Å²) in [7, 11) is 2.03. The molecule has 1 aromatic heterocycles. The molecule has 1 atom stereocenters. The van der Waals surface area contributed by atoms with Crippen molar-refractivity contribution in [2.45, 2.75) is 26.8 Å². The molecule has 0 aliphatic rings. The summed E-state index contributed by atoms with van der Waals surface area (Å²) in [5.41, 5.74) is 5.37. The Kier molecular flexibility index (Phi) is 4.25. The van der Waals surface area contributed by atoms with Gasteiger partial charge in [-0.25, -0.2) is 0 Å². The first-order valence-corrected chi connectivity index (χ1v) is 7.64. The van der Waals surface area contributed by atoms with Crippen molar-refractivity contribution in [3.8, 4) is 0 Å². The number of halogens is 1. The Bertz CT molecular complexity index is 560. The maximum absolute atomic E-state index is 3.58. The highest BCUT2D eigenvalue weighted by atomic mass is 79.9. The topological polar surface area (TPSA) is 12.0 Å². The van der Waals surface area contributed by atoms with Gasteiger partial charge in [0.25, 0.3) is 0 Å². The third kappa shape index (κ3) is 2.68. The average molecular weight is 324 g/mol. The minimum absolute atomic E-state index is 0.271. The molecular formula is C15H18BrNS. The van der Waals surface area contributed by atoms with Crippen molar-refractivity contribution < 1.29 is 0 Å². The van der Waals surface area contributed by atoms with E-state index in [1.165, 1.54) is 30.9 Å². The zero-order valence-electron chi connectivity index (χ0n) is 11.2. The smallest absolute Gasteiger partial charge is 0.0704 e. The molecule has 0 fully saturated rings. The first-order chi connectivity index (χ1) is 8.52. The van der Waals surface area contributed by atoms with Crippen LogP contribution in [0.5, 0.6) is 0 Å². The maximum atomic E-state index is 3.58. The molecule has 2 rings (SSSR count). The third-order valence-electron chi connectivity index (χ3n) is 3.27. The number of hydrogen-bond donors (Lipinski definition) is 1. The number of thiophene rings is 1. The molecule has 96 valence electrons. The van der Waals surface area contributed by atoms with Crippen LogP contribution >= 0.6 is 27.3 Å². The van der Waals surface area contributed by atoms with E-state index in [9.17, 15) is 0 Å². The molecule has 1 unspecified atom stereocenters. The van der Waals surface area contributed by atoms with E-state index >= 15 is 0 Å². The molecule has 18 heavy (non-hydrogen) atoms. The van der Waals surface area contributed by atoms with Gasteiger partial charge in [-0.05, 0) is 66.5 Å². The molecule has 0 bridgehead atoms. The normalized spacial score (nSPS) is 12.7. The third-order valence-corrected chi connectivity index (χ3v) is 4.84. The maximum Gasteiger partial charge on any atom is 0.0704 e. The van der Waals surface area contributed by atoms with Crippen LogP contribution in [-0.2, 0) is 0 Å². The van der Waals surface area contributed by atoms with Crippen LogP contribution in [0.3, 0.4) is 0 Å². The van der Waals surface area contributed by atoms with Gasteiger partial charge < -0.3 is 5.32 Å². The van der Waals surface area contributed by atoms with Crippen molar-refractivity contribution in [3.05, 3.63) is 55.2 Å². The molecule has 0 spiro atoms. The lowest BCUT2D eigenvalue weighted by atomic mass is 9.94. The second-order valence-corrected chi connectivity index (χ2v) is 7.28. The van der Waals surface area contributed by atoms with Gasteiger partial charge in [0.2, 0.25) is 0 Å². The highest BCUT2D eigenvalue weighted by Crippen LogP contribution is 2.34. The Labute approximate surface area is 121 Å².